The molecule has 0 aromatic heterocycles. The Balaban J connectivity index is 2.53. The maximum absolute atomic E-state index is 11.5. The zero-order chi connectivity index (χ0) is 10.7. The molecule has 4 heteroatoms. The smallest absolute Gasteiger partial charge is 0.238 e. The lowest BCUT2D eigenvalue weighted by Gasteiger charge is -2.30. The average Bonchev–Trinajstić information content (AvgIpc) is 2.34. The number of carbonyl (C=O) groups excluding carboxylic acids is 1. The van der Waals surface area contributed by atoms with Crippen LogP contribution in [0.15, 0.2) is 0 Å². The van der Waals surface area contributed by atoms with Crippen LogP contribution in [-0.4, -0.2) is 41.6 Å². The molecular formula is C10H21N3O. The Kier molecular flexibility index (Phi) is 3.89. The Labute approximate surface area is 86.0 Å². The Morgan fingerprint density at radius 2 is 2.00 bits per heavy atom. The van der Waals surface area contributed by atoms with Crippen LogP contribution in [0.4, 0.5) is 0 Å². The molecule has 1 unspecified atom stereocenters. The first-order chi connectivity index (χ1) is 6.50. The van der Waals surface area contributed by atoms with Crippen LogP contribution >= 0.6 is 0 Å². The molecule has 0 aromatic rings. The van der Waals surface area contributed by atoms with Crippen molar-refractivity contribution >= 4 is 5.91 Å². The molecule has 82 valence electrons. The number of hydrogen-bond donors (Lipinski definition) is 1. The largest absolute Gasteiger partial charge is 0.327 e. The minimum Gasteiger partial charge on any atom is -0.327 e. The molecule has 1 saturated heterocycles. The summed E-state index contributed by atoms with van der Waals surface area (Å²) >= 11 is 0. The highest BCUT2D eigenvalue weighted by molar-refractivity contribution is 5.77. The van der Waals surface area contributed by atoms with Crippen molar-refractivity contribution in [1.82, 2.24) is 10.0 Å². The molecule has 1 rings (SSSR count). The van der Waals surface area contributed by atoms with Crippen molar-refractivity contribution in [3.63, 3.8) is 0 Å². The second-order valence-electron chi connectivity index (χ2n) is 4.51. The van der Waals surface area contributed by atoms with Crippen molar-refractivity contribution < 1.29 is 4.79 Å². The van der Waals surface area contributed by atoms with E-state index in [1.807, 2.05) is 11.9 Å². The summed E-state index contributed by atoms with van der Waals surface area (Å²) in [6, 6.07) is 0.121. The summed E-state index contributed by atoms with van der Waals surface area (Å²) in [7, 11) is 0. The minimum absolute atomic E-state index is 0.121. The third-order valence-corrected chi connectivity index (χ3v) is 2.25. The van der Waals surface area contributed by atoms with E-state index in [1.165, 1.54) is 0 Å². The lowest BCUT2D eigenvalue weighted by atomic mass is 10.2. The molecule has 1 heterocycles. The van der Waals surface area contributed by atoms with Gasteiger partial charge in [0.1, 0.15) is 0 Å². The molecule has 1 atom stereocenters. The second kappa shape index (κ2) is 4.75. The Bertz CT molecular complexity index is 204. The van der Waals surface area contributed by atoms with Gasteiger partial charge < -0.3 is 5.73 Å². The number of nitrogens with zero attached hydrogens (tertiary/aromatic N) is 2. The number of rotatable bonds is 4. The van der Waals surface area contributed by atoms with Crippen molar-refractivity contribution in [3.8, 4) is 0 Å². The minimum atomic E-state index is 0.121. The summed E-state index contributed by atoms with van der Waals surface area (Å²) in [5.41, 5.74) is 5.73. The summed E-state index contributed by atoms with van der Waals surface area (Å²) < 4.78 is 0. The van der Waals surface area contributed by atoms with Gasteiger partial charge in [-0.05, 0) is 12.8 Å². The molecule has 1 aliphatic rings. The summed E-state index contributed by atoms with van der Waals surface area (Å²) in [6.45, 7) is 8.62. The predicted octanol–water partition coefficient (Wildman–Crippen LogP) is 0.439. The van der Waals surface area contributed by atoms with Crippen LogP contribution in [0.2, 0.25) is 0 Å². The fourth-order valence-corrected chi connectivity index (χ4v) is 1.72. The van der Waals surface area contributed by atoms with Gasteiger partial charge in [0.15, 0.2) is 0 Å². The van der Waals surface area contributed by atoms with Crippen molar-refractivity contribution in [2.45, 2.75) is 33.2 Å². The lowest BCUT2D eigenvalue weighted by Crippen LogP contribution is -2.45. The molecule has 0 spiro atoms. The quantitative estimate of drug-likeness (QED) is 0.714. The molecule has 1 aliphatic heterocycles. The molecule has 0 aromatic carbocycles. The van der Waals surface area contributed by atoms with Gasteiger partial charge in [-0.2, -0.15) is 0 Å². The van der Waals surface area contributed by atoms with Gasteiger partial charge in [0, 0.05) is 32.1 Å². The van der Waals surface area contributed by atoms with E-state index in [-0.39, 0.29) is 11.9 Å². The van der Waals surface area contributed by atoms with Crippen LogP contribution < -0.4 is 5.73 Å². The van der Waals surface area contributed by atoms with Crippen LogP contribution in [0.25, 0.3) is 0 Å². The fraction of sp³-hybridized carbons (Fsp3) is 0.900. The fourth-order valence-electron chi connectivity index (χ4n) is 1.72. The Morgan fingerprint density at radius 3 is 2.50 bits per heavy atom. The first kappa shape index (κ1) is 11.5. The number of hydrazine groups is 1. The standard InChI is InChI=1S/C10H21N3O/c1-8(2)6-13-10(14)4-5-12(13)7-9(3)11/h8-9H,4-7,11H2,1-3H3. The highest BCUT2D eigenvalue weighted by Crippen LogP contribution is 2.14. The second-order valence-corrected chi connectivity index (χ2v) is 4.51. The summed E-state index contributed by atoms with van der Waals surface area (Å²) in [4.78, 5) is 11.5. The lowest BCUT2D eigenvalue weighted by molar-refractivity contribution is -0.139. The van der Waals surface area contributed by atoms with Crippen molar-refractivity contribution in [2.75, 3.05) is 19.6 Å². The van der Waals surface area contributed by atoms with Gasteiger partial charge >= 0.3 is 0 Å². The first-order valence-corrected chi connectivity index (χ1v) is 5.31. The van der Waals surface area contributed by atoms with Crippen LogP contribution in [-0.2, 0) is 4.79 Å². The summed E-state index contributed by atoms with van der Waals surface area (Å²) in [6.07, 6.45) is 0.638. The number of nitrogens with two attached hydrogens (primary N) is 1. The summed E-state index contributed by atoms with van der Waals surface area (Å²) in [5, 5.41) is 3.93. The Hall–Kier alpha value is -0.610. The van der Waals surface area contributed by atoms with Gasteiger partial charge in [0.05, 0.1) is 0 Å². The van der Waals surface area contributed by atoms with E-state index in [1.54, 1.807) is 0 Å². The van der Waals surface area contributed by atoms with E-state index in [4.69, 9.17) is 5.73 Å². The number of carbonyl (C=O) groups is 1. The maximum Gasteiger partial charge on any atom is 0.238 e. The van der Waals surface area contributed by atoms with Gasteiger partial charge in [-0.15, -0.1) is 0 Å². The molecule has 0 aliphatic carbocycles. The third-order valence-electron chi connectivity index (χ3n) is 2.25. The van der Waals surface area contributed by atoms with Crippen molar-refractivity contribution in [3.05, 3.63) is 0 Å². The molecule has 0 saturated carbocycles. The molecule has 4 nitrogen and oxygen atoms in total. The summed E-state index contributed by atoms with van der Waals surface area (Å²) in [5.74, 6) is 0.743. The Morgan fingerprint density at radius 1 is 1.36 bits per heavy atom. The van der Waals surface area contributed by atoms with Gasteiger partial charge in [-0.1, -0.05) is 13.8 Å². The van der Waals surface area contributed by atoms with Gasteiger partial charge in [0.2, 0.25) is 5.91 Å². The molecule has 1 amide bonds. The molecule has 0 radical (unpaired) electrons. The van der Waals surface area contributed by atoms with E-state index in [2.05, 4.69) is 18.9 Å². The topological polar surface area (TPSA) is 49.6 Å². The zero-order valence-electron chi connectivity index (χ0n) is 9.36. The van der Waals surface area contributed by atoms with Gasteiger partial charge in [0.25, 0.3) is 0 Å². The third kappa shape index (κ3) is 2.96. The van der Waals surface area contributed by atoms with Crippen molar-refractivity contribution in [1.29, 1.82) is 0 Å². The van der Waals surface area contributed by atoms with Crippen molar-refractivity contribution in [2.24, 2.45) is 11.7 Å². The predicted molar refractivity (Wildman–Crippen MR) is 56.4 cm³/mol. The maximum atomic E-state index is 11.5. The number of amides is 1. The molecule has 1 fully saturated rings. The van der Waals surface area contributed by atoms with E-state index in [0.717, 1.165) is 19.6 Å². The van der Waals surface area contributed by atoms with E-state index < -0.39 is 0 Å². The van der Waals surface area contributed by atoms with Gasteiger partial charge in [-0.3, -0.25) is 9.80 Å². The molecular weight excluding hydrogens is 178 g/mol. The monoisotopic (exact) mass is 199 g/mol. The highest BCUT2D eigenvalue weighted by Gasteiger charge is 2.29. The van der Waals surface area contributed by atoms with Crippen LogP contribution in [0.1, 0.15) is 27.2 Å². The van der Waals surface area contributed by atoms with Crippen LogP contribution in [0, 0.1) is 5.92 Å². The first-order valence-electron chi connectivity index (χ1n) is 5.31. The van der Waals surface area contributed by atoms with E-state index >= 15 is 0 Å². The number of hydrogen-bond acceptors (Lipinski definition) is 3. The van der Waals surface area contributed by atoms with E-state index in [0.29, 0.717) is 12.3 Å². The van der Waals surface area contributed by atoms with Crippen LogP contribution in [0.5, 0.6) is 0 Å². The van der Waals surface area contributed by atoms with Gasteiger partial charge in [-0.25, -0.2) is 5.01 Å². The SMILES string of the molecule is CC(C)CN1C(=O)CCN1CC(C)N. The van der Waals surface area contributed by atoms with Crippen LogP contribution in [0.3, 0.4) is 0 Å². The molecule has 0 bridgehead atoms. The average molecular weight is 199 g/mol. The normalized spacial score (nSPS) is 20.9. The zero-order valence-corrected chi connectivity index (χ0v) is 9.36. The molecule has 2 N–H and O–H groups in total. The highest BCUT2D eigenvalue weighted by atomic mass is 16.2. The molecule has 14 heavy (non-hydrogen) atoms. The van der Waals surface area contributed by atoms with E-state index in [9.17, 15) is 4.79 Å².